The minimum absolute atomic E-state index is 0.136. The maximum atomic E-state index is 11.3. The van der Waals surface area contributed by atoms with E-state index in [0.29, 0.717) is 33.9 Å². The van der Waals surface area contributed by atoms with Gasteiger partial charge in [0.15, 0.2) is 5.82 Å². The van der Waals surface area contributed by atoms with Gasteiger partial charge in [-0.2, -0.15) is 0 Å². The Balaban J connectivity index is 0.000000226. The van der Waals surface area contributed by atoms with E-state index in [2.05, 4.69) is 58.4 Å². The van der Waals surface area contributed by atoms with Gasteiger partial charge < -0.3 is 20.9 Å². The zero-order chi connectivity index (χ0) is 27.8. The summed E-state index contributed by atoms with van der Waals surface area (Å²) in [6.07, 6.45) is 4.82. The van der Waals surface area contributed by atoms with E-state index >= 15 is 0 Å². The van der Waals surface area contributed by atoms with E-state index in [0.717, 1.165) is 32.2 Å². The van der Waals surface area contributed by atoms with Gasteiger partial charge in [0.25, 0.3) is 0 Å². The van der Waals surface area contributed by atoms with Gasteiger partial charge in [-0.15, -0.1) is 0 Å². The molecule has 9 heteroatoms. The predicted octanol–water partition coefficient (Wildman–Crippen LogP) is 6.01. The molecular formula is C30H38ClN5O3. The van der Waals surface area contributed by atoms with Crippen LogP contribution in [-0.2, 0) is 4.74 Å². The Morgan fingerprint density at radius 3 is 2.54 bits per heavy atom. The molecule has 8 nitrogen and oxygen atoms in total. The Hall–Kier alpha value is -3.20. The number of carboxylic acid groups (broad SMARTS) is 1. The minimum Gasteiger partial charge on any atom is -0.475 e. The zero-order valence-corrected chi connectivity index (χ0v) is 23.4. The van der Waals surface area contributed by atoms with Crippen molar-refractivity contribution in [3.05, 3.63) is 71.0 Å². The molecule has 1 atom stereocenters. The first-order chi connectivity index (χ1) is 18.8. The van der Waals surface area contributed by atoms with Crippen molar-refractivity contribution < 1.29 is 14.6 Å². The predicted molar refractivity (Wildman–Crippen MR) is 156 cm³/mol. The summed E-state index contributed by atoms with van der Waals surface area (Å²) in [5, 5.41) is 13.2. The Kier molecular flexibility index (Phi) is 10.1. The molecule has 0 amide bonds. The van der Waals surface area contributed by atoms with E-state index < -0.39 is 5.97 Å². The molecule has 2 fully saturated rings. The van der Waals surface area contributed by atoms with Gasteiger partial charge in [0.2, 0.25) is 5.82 Å². The van der Waals surface area contributed by atoms with Crippen LogP contribution in [0.25, 0.3) is 11.3 Å². The lowest BCUT2D eigenvalue weighted by atomic mass is 9.83. The number of nitrogens with two attached hydrogens (primary N) is 1. The quantitative estimate of drug-likeness (QED) is 0.341. The van der Waals surface area contributed by atoms with Crippen molar-refractivity contribution in [2.75, 3.05) is 44.4 Å². The Labute approximate surface area is 235 Å². The fourth-order valence-electron chi connectivity index (χ4n) is 5.08. The highest BCUT2D eigenvalue weighted by Crippen LogP contribution is 2.34. The highest BCUT2D eigenvalue weighted by atomic mass is 35.5. The molecule has 0 radical (unpaired) electrons. The van der Waals surface area contributed by atoms with Gasteiger partial charge in [0.05, 0.1) is 24.9 Å². The van der Waals surface area contributed by atoms with Crippen LogP contribution in [0.1, 0.15) is 54.8 Å². The lowest BCUT2D eigenvalue weighted by Crippen LogP contribution is -2.36. The van der Waals surface area contributed by atoms with Crippen LogP contribution in [0.4, 0.5) is 11.5 Å². The molecular weight excluding hydrogens is 514 g/mol. The van der Waals surface area contributed by atoms with Gasteiger partial charge in [0.1, 0.15) is 5.69 Å². The van der Waals surface area contributed by atoms with Crippen molar-refractivity contribution in [2.45, 2.75) is 38.6 Å². The number of hydrogen-bond donors (Lipinski definition) is 3. The summed E-state index contributed by atoms with van der Waals surface area (Å²) in [5.74, 6) is -0.0487. The lowest BCUT2D eigenvalue weighted by Gasteiger charge is -2.32. The third-order valence-corrected chi connectivity index (χ3v) is 7.74. The number of ether oxygens (including phenoxy) is 1. The lowest BCUT2D eigenvalue weighted by molar-refractivity contribution is 0.00506. The second kappa shape index (κ2) is 13.7. The van der Waals surface area contributed by atoms with Crippen molar-refractivity contribution in [1.29, 1.82) is 0 Å². The second-order valence-electron chi connectivity index (χ2n) is 10.5. The molecule has 39 heavy (non-hydrogen) atoms. The number of carbonyl (C=O) groups is 1. The van der Waals surface area contributed by atoms with Crippen molar-refractivity contribution in [3.63, 3.8) is 0 Å². The molecule has 1 saturated carbocycles. The average Bonchev–Trinajstić information content (AvgIpc) is 2.94. The van der Waals surface area contributed by atoms with Crippen LogP contribution in [0.5, 0.6) is 0 Å². The highest BCUT2D eigenvalue weighted by molar-refractivity contribution is 6.30. The van der Waals surface area contributed by atoms with Crippen LogP contribution in [-0.4, -0.2) is 59.3 Å². The van der Waals surface area contributed by atoms with Gasteiger partial charge in [-0.25, -0.2) is 14.8 Å². The second-order valence-corrected chi connectivity index (χ2v) is 10.9. The zero-order valence-electron chi connectivity index (χ0n) is 22.6. The summed E-state index contributed by atoms with van der Waals surface area (Å²) in [7, 11) is 2.15. The maximum Gasteiger partial charge on any atom is 0.374 e. The summed E-state index contributed by atoms with van der Waals surface area (Å²) in [5.41, 5.74) is 9.14. The van der Waals surface area contributed by atoms with E-state index in [1.807, 2.05) is 12.1 Å². The summed E-state index contributed by atoms with van der Waals surface area (Å²) >= 11 is 6.09. The first-order valence-electron chi connectivity index (χ1n) is 13.5. The molecule has 1 aliphatic heterocycles. The number of likely N-dealkylation sites (N-methyl/N-ethyl adjacent to an activating group) is 1. The maximum absolute atomic E-state index is 11.3. The number of aromatic carboxylic acids is 1. The molecule has 3 aromatic rings. The van der Waals surface area contributed by atoms with Crippen molar-refractivity contribution in [2.24, 2.45) is 11.8 Å². The van der Waals surface area contributed by atoms with Gasteiger partial charge in [-0.3, -0.25) is 4.90 Å². The number of halogens is 1. The number of hydrogen-bond acceptors (Lipinski definition) is 7. The molecule has 1 aromatic heterocycles. The topological polar surface area (TPSA) is 114 Å². The van der Waals surface area contributed by atoms with Crippen LogP contribution in [0.15, 0.2) is 54.6 Å². The molecule has 5 rings (SSSR count). The first kappa shape index (κ1) is 28.8. The molecule has 208 valence electrons. The van der Waals surface area contributed by atoms with E-state index in [1.54, 1.807) is 18.2 Å². The molecule has 1 aliphatic carbocycles. The summed E-state index contributed by atoms with van der Waals surface area (Å²) < 4.78 is 5.47. The van der Waals surface area contributed by atoms with E-state index in [1.165, 1.54) is 31.2 Å². The number of nitrogens with one attached hydrogen (secondary N) is 1. The Morgan fingerprint density at radius 1 is 1.13 bits per heavy atom. The molecule has 0 bridgehead atoms. The van der Waals surface area contributed by atoms with Crippen LogP contribution in [0, 0.1) is 11.8 Å². The third kappa shape index (κ3) is 7.91. The standard InChI is InChI=1S/C19H23ClN4O2.C11H15NO/c1-11-5-7-12(8-6-11)10-22-16-15(13-3-2-4-14(20)9-13)23-18(19(25)26)24-17(16)21;1-12-7-8-13-9-11(12)10-5-3-2-4-6-10/h2-4,9,11-12,22H,5-8,10H2,1H3,(H,25,26)(H2,21,23,24);2-6,11H,7-9H2,1H3/t;11-/m.0/s1. The smallest absolute Gasteiger partial charge is 0.374 e. The van der Waals surface area contributed by atoms with Crippen LogP contribution in [0.3, 0.4) is 0 Å². The number of rotatable bonds is 6. The van der Waals surface area contributed by atoms with E-state index in [-0.39, 0.29) is 11.6 Å². The average molecular weight is 552 g/mol. The van der Waals surface area contributed by atoms with Gasteiger partial charge >= 0.3 is 5.97 Å². The first-order valence-corrected chi connectivity index (χ1v) is 13.9. The third-order valence-electron chi connectivity index (χ3n) is 7.51. The molecule has 2 aliphatic rings. The Morgan fingerprint density at radius 2 is 1.87 bits per heavy atom. The summed E-state index contributed by atoms with van der Waals surface area (Å²) in [6, 6.07) is 18.1. The fourth-order valence-corrected chi connectivity index (χ4v) is 5.28. The van der Waals surface area contributed by atoms with Crippen molar-refractivity contribution >= 4 is 29.1 Å². The number of benzene rings is 2. The van der Waals surface area contributed by atoms with Crippen LogP contribution >= 0.6 is 11.6 Å². The summed E-state index contributed by atoms with van der Waals surface area (Å²) in [4.78, 5) is 21.8. The van der Waals surface area contributed by atoms with E-state index in [9.17, 15) is 9.90 Å². The Bertz CT molecular complexity index is 1230. The monoisotopic (exact) mass is 551 g/mol. The summed E-state index contributed by atoms with van der Waals surface area (Å²) in [6.45, 7) is 5.76. The fraction of sp³-hybridized carbons (Fsp3) is 0.433. The van der Waals surface area contributed by atoms with Crippen LogP contribution in [0.2, 0.25) is 5.02 Å². The number of anilines is 2. The molecule has 2 heterocycles. The number of morpholine rings is 1. The highest BCUT2D eigenvalue weighted by Gasteiger charge is 2.22. The number of nitrogen functional groups attached to an aromatic ring is 1. The molecule has 0 spiro atoms. The number of aromatic nitrogens is 2. The SMILES string of the molecule is CC1CCC(CNc2c(N)nc(C(=O)O)nc2-c2cccc(Cl)c2)CC1.CN1CCOC[C@H]1c1ccccc1. The number of nitrogens with zero attached hydrogens (tertiary/aromatic N) is 3. The normalized spacial score (nSPS) is 21.5. The van der Waals surface area contributed by atoms with Crippen molar-refractivity contribution in [1.82, 2.24) is 14.9 Å². The van der Waals surface area contributed by atoms with Gasteiger partial charge in [-0.05, 0) is 49.4 Å². The minimum atomic E-state index is -1.22. The molecule has 4 N–H and O–H groups in total. The van der Waals surface area contributed by atoms with Gasteiger partial charge in [0, 0.05) is 23.7 Å². The van der Waals surface area contributed by atoms with Gasteiger partial charge in [-0.1, -0.05) is 73.8 Å². The molecule has 0 unspecified atom stereocenters. The largest absolute Gasteiger partial charge is 0.475 e. The number of carboxylic acids is 1. The molecule has 1 saturated heterocycles. The van der Waals surface area contributed by atoms with Crippen LogP contribution < -0.4 is 11.1 Å². The van der Waals surface area contributed by atoms with Crippen molar-refractivity contribution in [3.8, 4) is 11.3 Å². The van der Waals surface area contributed by atoms with E-state index in [4.69, 9.17) is 22.1 Å². The molecule has 2 aromatic carbocycles.